The molecule has 1 saturated heterocycles. The molecule has 1 aliphatic rings. The molecule has 0 aromatic heterocycles. The topological polar surface area (TPSA) is 33.3 Å². The summed E-state index contributed by atoms with van der Waals surface area (Å²) in [6.45, 7) is 7.19. The first-order valence-electron chi connectivity index (χ1n) is 3.74. The first kappa shape index (κ1) is 7.98. The van der Waals surface area contributed by atoms with E-state index < -0.39 is 0 Å². The Morgan fingerprint density at radius 3 is 2.50 bits per heavy atom. The van der Waals surface area contributed by atoms with E-state index in [0.29, 0.717) is 0 Å². The van der Waals surface area contributed by atoms with Crippen LogP contribution in [0.4, 0.5) is 0 Å². The smallest absolute Gasteiger partial charge is 0.122 e. The highest BCUT2D eigenvalue weighted by atomic mass is 16.5. The molecule has 0 aromatic carbocycles. The van der Waals surface area contributed by atoms with Crippen molar-refractivity contribution in [2.24, 2.45) is 0 Å². The van der Waals surface area contributed by atoms with E-state index in [0.717, 1.165) is 13.0 Å². The van der Waals surface area contributed by atoms with E-state index in [1.807, 2.05) is 0 Å². The summed E-state index contributed by atoms with van der Waals surface area (Å²) in [7, 11) is 0. The minimum Gasteiger partial charge on any atom is -0.356 e. The van der Waals surface area contributed by atoms with E-state index in [-0.39, 0.29) is 11.8 Å². The molecule has 1 atom stereocenters. The van der Waals surface area contributed by atoms with Gasteiger partial charge in [-0.2, -0.15) is 0 Å². The van der Waals surface area contributed by atoms with Gasteiger partial charge in [-0.3, -0.25) is 5.43 Å². The molecule has 0 aliphatic carbocycles. The van der Waals surface area contributed by atoms with E-state index in [2.05, 4.69) is 31.6 Å². The Balaban J connectivity index is 2.24. The van der Waals surface area contributed by atoms with E-state index in [4.69, 9.17) is 4.74 Å². The predicted molar refractivity (Wildman–Crippen MR) is 40.4 cm³/mol. The van der Waals surface area contributed by atoms with Crippen molar-refractivity contribution in [3.8, 4) is 0 Å². The molecular formula is C7H16N2O. The first-order chi connectivity index (χ1) is 4.58. The maximum Gasteiger partial charge on any atom is 0.122 e. The van der Waals surface area contributed by atoms with Crippen molar-refractivity contribution in [3.63, 3.8) is 0 Å². The highest BCUT2D eigenvalue weighted by Gasteiger charge is 2.20. The monoisotopic (exact) mass is 144 g/mol. The number of hydrogen-bond acceptors (Lipinski definition) is 3. The van der Waals surface area contributed by atoms with Crippen molar-refractivity contribution in [1.29, 1.82) is 0 Å². The summed E-state index contributed by atoms with van der Waals surface area (Å²) >= 11 is 0. The molecule has 10 heavy (non-hydrogen) atoms. The third-order valence-electron chi connectivity index (χ3n) is 1.29. The molecule has 3 heteroatoms. The fraction of sp³-hybridized carbons (Fsp3) is 1.00. The average Bonchev–Trinajstić information content (AvgIpc) is 2.12. The molecule has 1 aliphatic heterocycles. The Morgan fingerprint density at radius 2 is 2.10 bits per heavy atom. The first-order valence-corrected chi connectivity index (χ1v) is 3.74. The highest BCUT2D eigenvalue weighted by Crippen LogP contribution is 2.12. The van der Waals surface area contributed by atoms with Gasteiger partial charge in [0.25, 0.3) is 0 Å². The van der Waals surface area contributed by atoms with Gasteiger partial charge in [-0.25, -0.2) is 5.43 Å². The molecule has 0 aromatic rings. The zero-order chi connectivity index (χ0) is 7.61. The number of hydrogen-bond donors (Lipinski definition) is 2. The van der Waals surface area contributed by atoms with Gasteiger partial charge in [-0.1, -0.05) is 0 Å². The largest absolute Gasteiger partial charge is 0.356 e. The lowest BCUT2D eigenvalue weighted by molar-refractivity contribution is -0.0679. The molecule has 2 N–H and O–H groups in total. The van der Waals surface area contributed by atoms with Crippen LogP contribution in [0.1, 0.15) is 27.2 Å². The minimum absolute atomic E-state index is 0.0380. The van der Waals surface area contributed by atoms with Crippen molar-refractivity contribution >= 4 is 0 Å². The normalized spacial score (nSPS) is 27.3. The lowest BCUT2D eigenvalue weighted by Crippen LogP contribution is -2.37. The Labute approximate surface area is 62.1 Å². The number of ether oxygens (including phenoxy) is 1. The van der Waals surface area contributed by atoms with Gasteiger partial charge in [0.1, 0.15) is 6.23 Å². The fourth-order valence-electron chi connectivity index (χ4n) is 0.977. The van der Waals surface area contributed by atoms with E-state index >= 15 is 0 Å². The molecular weight excluding hydrogens is 128 g/mol. The standard InChI is InChI=1S/C7H16N2O/c1-7(2,3)10-6-4-5-8-9-6/h6,8-9H,4-5H2,1-3H3. The van der Waals surface area contributed by atoms with Crippen LogP contribution in [0, 0.1) is 0 Å². The summed E-state index contributed by atoms with van der Waals surface area (Å²) in [5, 5.41) is 0. The van der Waals surface area contributed by atoms with Crippen molar-refractivity contribution < 1.29 is 4.74 Å². The Hall–Kier alpha value is -0.120. The van der Waals surface area contributed by atoms with Gasteiger partial charge in [-0.15, -0.1) is 0 Å². The summed E-state index contributed by atoms with van der Waals surface area (Å²) in [4.78, 5) is 0. The zero-order valence-electron chi connectivity index (χ0n) is 6.90. The van der Waals surface area contributed by atoms with Gasteiger partial charge >= 0.3 is 0 Å². The van der Waals surface area contributed by atoms with Crippen LogP contribution in [0.2, 0.25) is 0 Å². The van der Waals surface area contributed by atoms with Crippen LogP contribution in [-0.2, 0) is 4.74 Å². The maximum absolute atomic E-state index is 5.62. The van der Waals surface area contributed by atoms with Gasteiger partial charge in [0.2, 0.25) is 0 Å². The van der Waals surface area contributed by atoms with Crippen LogP contribution in [0.15, 0.2) is 0 Å². The fourth-order valence-corrected chi connectivity index (χ4v) is 0.977. The summed E-state index contributed by atoms with van der Waals surface area (Å²) in [5.74, 6) is 0. The van der Waals surface area contributed by atoms with E-state index in [1.54, 1.807) is 0 Å². The van der Waals surface area contributed by atoms with Gasteiger partial charge in [-0.05, 0) is 20.8 Å². The summed E-state index contributed by atoms with van der Waals surface area (Å²) in [5.41, 5.74) is 6.02. The van der Waals surface area contributed by atoms with E-state index in [1.165, 1.54) is 0 Å². The van der Waals surface area contributed by atoms with Gasteiger partial charge in [0.05, 0.1) is 5.60 Å². The lowest BCUT2D eigenvalue weighted by atomic mass is 10.2. The number of nitrogens with one attached hydrogen (secondary N) is 2. The second-order valence-corrected chi connectivity index (χ2v) is 3.58. The molecule has 0 bridgehead atoms. The van der Waals surface area contributed by atoms with Gasteiger partial charge in [0, 0.05) is 13.0 Å². The van der Waals surface area contributed by atoms with Crippen molar-refractivity contribution in [2.45, 2.75) is 39.0 Å². The van der Waals surface area contributed by atoms with Gasteiger partial charge < -0.3 is 4.74 Å². The quantitative estimate of drug-likeness (QED) is 0.566. The van der Waals surface area contributed by atoms with Crippen molar-refractivity contribution in [2.75, 3.05) is 6.54 Å². The summed E-state index contributed by atoms with van der Waals surface area (Å²) < 4.78 is 5.62. The van der Waals surface area contributed by atoms with E-state index in [9.17, 15) is 0 Å². The zero-order valence-corrected chi connectivity index (χ0v) is 6.90. The van der Waals surface area contributed by atoms with Crippen LogP contribution in [0.25, 0.3) is 0 Å². The molecule has 0 amide bonds. The molecule has 60 valence electrons. The summed E-state index contributed by atoms with van der Waals surface area (Å²) in [6, 6.07) is 0. The highest BCUT2D eigenvalue weighted by molar-refractivity contribution is 4.68. The molecule has 0 spiro atoms. The van der Waals surface area contributed by atoms with Crippen molar-refractivity contribution in [1.82, 2.24) is 10.9 Å². The maximum atomic E-state index is 5.62. The molecule has 1 heterocycles. The molecule has 1 rings (SSSR count). The average molecular weight is 144 g/mol. The molecule has 1 fully saturated rings. The van der Waals surface area contributed by atoms with Crippen LogP contribution in [0.3, 0.4) is 0 Å². The van der Waals surface area contributed by atoms with Crippen molar-refractivity contribution in [3.05, 3.63) is 0 Å². The van der Waals surface area contributed by atoms with Gasteiger partial charge in [0.15, 0.2) is 0 Å². The summed E-state index contributed by atoms with van der Waals surface area (Å²) in [6.07, 6.45) is 1.25. The molecule has 0 radical (unpaired) electrons. The Bertz CT molecular complexity index is 103. The Kier molecular flexibility index (Phi) is 2.28. The van der Waals surface area contributed by atoms with Crippen LogP contribution < -0.4 is 10.9 Å². The molecule has 1 unspecified atom stereocenters. The number of hydrazine groups is 1. The second-order valence-electron chi connectivity index (χ2n) is 3.58. The third kappa shape index (κ3) is 2.64. The van der Waals surface area contributed by atoms with Crippen LogP contribution in [0.5, 0.6) is 0 Å². The molecule has 0 saturated carbocycles. The second kappa shape index (κ2) is 2.86. The molecule has 3 nitrogen and oxygen atoms in total. The SMILES string of the molecule is CC(C)(C)OC1CCNN1. The number of rotatable bonds is 1. The third-order valence-corrected chi connectivity index (χ3v) is 1.29. The van der Waals surface area contributed by atoms with Crippen LogP contribution in [-0.4, -0.2) is 18.4 Å². The predicted octanol–water partition coefficient (Wildman–Crippen LogP) is 0.625. The minimum atomic E-state index is -0.0380. The Morgan fingerprint density at radius 1 is 1.40 bits per heavy atom. The lowest BCUT2D eigenvalue weighted by Gasteiger charge is -2.23. The van der Waals surface area contributed by atoms with Crippen LogP contribution >= 0.6 is 0 Å².